The largest absolute Gasteiger partial charge is 0.481 e. The molecule has 2 N–H and O–H groups in total. The number of hydrogen-bond acceptors (Lipinski definition) is 2. The number of allylic oxidation sites excluding steroid dienone is 2. The third kappa shape index (κ3) is 2.60. The Hall–Kier alpha value is -1.32. The maximum absolute atomic E-state index is 12.4. The molecule has 3 aliphatic carbocycles. The number of carbonyl (C=O) groups excluding carboxylic acids is 1. The molecule has 2 saturated carbocycles. The van der Waals surface area contributed by atoms with Crippen molar-refractivity contribution in [2.75, 3.05) is 0 Å². The van der Waals surface area contributed by atoms with E-state index in [1.54, 1.807) is 0 Å². The maximum Gasteiger partial charge on any atom is 0.308 e. The van der Waals surface area contributed by atoms with Gasteiger partial charge in [-0.3, -0.25) is 9.59 Å². The molecule has 0 aliphatic heterocycles. The molecule has 3 aliphatic rings. The molecule has 20 heavy (non-hydrogen) atoms. The van der Waals surface area contributed by atoms with Crippen molar-refractivity contribution >= 4 is 11.9 Å². The highest BCUT2D eigenvalue weighted by Gasteiger charge is 2.41. The zero-order valence-corrected chi connectivity index (χ0v) is 11.8. The number of nitrogens with one attached hydrogen (secondary N) is 1. The van der Waals surface area contributed by atoms with Crippen LogP contribution in [0.5, 0.6) is 0 Å². The van der Waals surface area contributed by atoms with Gasteiger partial charge in [0.2, 0.25) is 5.91 Å². The molecule has 5 atom stereocenters. The van der Waals surface area contributed by atoms with Crippen LogP contribution >= 0.6 is 0 Å². The van der Waals surface area contributed by atoms with Crippen molar-refractivity contribution in [1.29, 1.82) is 0 Å². The Labute approximate surface area is 119 Å². The second kappa shape index (κ2) is 5.58. The minimum Gasteiger partial charge on any atom is -0.481 e. The van der Waals surface area contributed by atoms with E-state index in [1.165, 1.54) is 0 Å². The SMILES string of the molecule is O=C(NC1CCCCCC1C(=O)O)C1CC2C=CC1C2. The van der Waals surface area contributed by atoms with Crippen LogP contribution in [0.2, 0.25) is 0 Å². The molecule has 2 bridgehead atoms. The Kier molecular flexibility index (Phi) is 3.81. The quantitative estimate of drug-likeness (QED) is 0.614. The molecule has 2 fully saturated rings. The first-order valence-electron chi connectivity index (χ1n) is 7.86. The number of carboxylic acids is 1. The van der Waals surface area contributed by atoms with E-state index < -0.39 is 11.9 Å². The van der Waals surface area contributed by atoms with E-state index in [9.17, 15) is 14.7 Å². The van der Waals surface area contributed by atoms with Crippen LogP contribution < -0.4 is 5.32 Å². The smallest absolute Gasteiger partial charge is 0.308 e. The number of rotatable bonds is 3. The minimum absolute atomic E-state index is 0.0719. The third-order valence-corrected chi connectivity index (χ3v) is 5.28. The summed E-state index contributed by atoms with van der Waals surface area (Å²) >= 11 is 0. The normalized spacial score (nSPS) is 39.5. The summed E-state index contributed by atoms with van der Waals surface area (Å²) in [5.41, 5.74) is 0. The number of carboxylic acid groups (broad SMARTS) is 1. The van der Waals surface area contributed by atoms with Crippen molar-refractivity contribution in [2.45, 2.75) is 51.0 Å². The van der Waals surface area contributed by atoms with Crippen LogP contribution in [0.3, 0.4) is 0 Å². The molecule has 110 valence electrons. The van der Waals surface area contributed by atoms with Gasteiger partial charge >= 0.3 is 5.97 Å². The summed E-state index contributed by atoms with van der Waals surface area (Å²) in [5, 5.41) is 12.4. The van der Waals surface area contributed by atoms with Crippen molar-refractivity contribution in [1.82, 2.24) is 5.32 Å². The Morgan fingerprint density at radius 1 is 1.00 bits per heavy atom. The van der Waals surface area contributed by atoms with E-state index in [2.05, 4.69) is 17.5 Å². The van der Waals surface area contributed by atoms with Gasteiger partial charge in [-0.2, -0.15) is 0 Å². The molecule has 4 heteroatoms. The first-order chi connectivity index (χ1) is 9.65. The molecule has 0 aromatic heterocycles. The van der Waals surface area contributed by atoms with Crippen LogP contribution in [0.15, 0.2) is 12.2 Å². The topological polar surface area (TPSA) is 66.4 Å². The standard InChI is InChI=1S/C16H23NO3/c18-15(13-9-10-6-7-11(13)8-10)17-14-5-3-1-2-4-12(14)16(19)20/h6-7,10-14H,1-5,8-9H2,(H,17,18)(H,19,20). The van der Waals surface area contributed by atoms with Crippen molar-refractivity contribution in [3.8, 4) is 0 Å². The Morgan fingerprint density at radius 2 is 1.80 bits per heavy atom. The molecule has 0 spiro atoms. The number of carbonyl (C=O) groups is 2. The van der Waals surface area contributed by atoms with E-state index >= 15 is 0 Å². The summed E-state index contributed by atoms with van der Waals surface area (Å²) in [5.74, 6) is -0.0578. The van der Waals surface area contributed by atoms with Gasteiger partial charge in [0.05, 0.1) is 5.92 Å². The molecule has 3 rings (SSSR count). The average molecular weight is 277 g/mol. The Balaban J connectivity index is 1.64. The third-order valence-electron chi connectivity index (χ3n) is 5.28. The Morgan fingerprint density at radius 3 is 2.45 bits per heavy atom. The second-order valence-electron chi connectivity index (χ2n) is 6.58. The molecule has 0 aromatic carbocycles. The van der Waals surface area contributed by atoms with Gasteiger partial charge in [0.1, 0.15) is 0 Å². The number of fused-ring (bicyclic) bond motifs is 2. The lowest BCUT2D eigenvalue weighted by molar-refractivity contribution is -0.143. The van der Waals surface area contributed by atoms with Crippen molar-refractivity contribution in [2.24, 2.45) is 23.7 Å². The fraction of sp³-hybridized carbons (Fsp3) is 0.750. The van der Waals surface area contributed by atoms with Gasteiger partial charge in [-0.25, -0.2) is 0 Å². The summed E-state index contributed by atoms with van der Waals surface area (Å²) in [6, 6.07) is -0.175. The summed E-state index contributed by atoms with van der Waals surface area (Å²) in [4.78, 5) is 23.8. The van der Waals surface area contributed by atoms with Gasteiger partial charge < -0.3 is 10.4 Å². The van der Waals surface area contributed by atoms with Gasteiger partial charge in [0.25, 0.3) is 0 Å². The van der Waals surface area contributed by atoms with Crippen molar-refractivity contribution in [3.05, 3.63) is 12.2 Å². The number of aliphatic carboxylic acids is 1. The highest BCUT2D eigenvalue weighted by molar-refractivity contribution is 5.81. The highest BCUT2D eigenvalue weighted by Crippen LogP contribution is 2.43. The van der Waals surface area contributed by atoms with Crippen LogP contribution in [-0.4, -0.2) is 23.0 Å². The lowest BCUT2D eigenvalue weighted by atomic mass is 9.90. The first kappa shape index (κ1) is 13.7. The predicted octanol–water partition coefficient (Wildman–Crippen LogP) is 2.35. The molecule has 0 aromatic rings. The van der Waals surface area contributed by atoms with Crippen molar-refractivity contribution in [3.63, 3.8) is 0 Å². The summed E-state index contributed by atoms with van der Waals surface area (Å²) in [6.07, 6.45) is 11.0. The summed E-state index contributed by atoms with van der Waals surface area (Å²) in [6.45, 7) is 0. The monoisotopic (exact) mass is 277 g/mol. The van der Waals surface area contributed by atoms with Crippen LogP contribution in [0, 0.1) is 23.7 Å². The fourth-order valence-electron chi connectivity index (χ4n) is 4.15. The fourth-order valence-corrected chi connectivity index (χ4v) is 4.15. The molecule has 0 saturated heterocycles. The van der Waals surface area contributed by atoms with E-state index in [4.69, 9.17) is 0 Å². The first-order valence-corrected chi connectivity index (χ1v) is 7.86. The van der Waals surface area contributed by atoms with Crippen molar-refractivity contribution < 1.29 is 14.7 Å². The van der Waals surface area contributed by atoms with Gasteiger partial charge in [-0.15, -0.1) is 0 Å². The van der Waals surface area contributed by atoms with Gasteiger partial charge in [-0.1, -0.05) is 31.4 Å². The molecule has 1 amide bonds. The van der Waals surface area contributed by atoms with Crippen LogP contribution in [0.4, 0.5) is 0 Å². The zero-order valence-electron chi connectivity index (χ0n) is 11.8. The van der Waals surface area contributed by atoms with Crippen LogP contribution in [0.1, 0.15) is 44.9 Å². The van der Waals surface area contributed by atoms with Gasteiger partial charge in [0.15, 0.2) is 0 Å². The lowest BCUT2D eigenvalue weighted by Gasteiger charge is -2.26. The van der Waals surface area contributed by atoms with Crippen LogP contribution in [-0.2, 0) is 9.59 Å². The van der Waals surface area contributed by atoms with E-state index in [0.717, 1.165) is 38.5 Å². The molecular formula is C16H23NO3. The van der Waals surface area contributed by atoms with E-state index in [0.29, 0.717) is 18.3 Å². The molecular weight excluding hydrogens is 254 g/mol. The zero-order chi connectivity index (χ0) is 14.1. The molecule has 0 radical (unpaired) electrons. The lowest BCUT2D eigenvalue weighted by Crippen LogP contribution is -2.45. The minimum atomic E-state index is -0.759. The van der Waals surface area contributed by atoms with Gasteiger partial charge in [-0.05, 0) is 37.5 Å². The number of hydrogen-bond donors (Lipinski definition) is 2. The van der Waals surface area contributed by atoms with Crippen LogP contribution in [0.25, 0.3) is 0 Å². The van der Waals surface area contributed by atoms with E-state index in [-0.39, 0.29) is 17.9 Å². The summed E-state index contributed by atoms with van der Waals surface area (Å²) < 4.78 is 0. The predicted molar refractivity (Wildman–Crippen MR) is 75.0 cm³/mol. The second-order valence-corrected chi connectivity index (χ2v) is 6.58. The van der Waals surface area contributed by atoms with Gasteiger partial charge in [0, 0.05) is 12.0 Å². The molecule has 5 unspecified atom stereocenters. The van der Waals surface area contributed by atoms with E-state index in [1.807, 2.05) is 0 Å². The molecule has 0 heterocycles. The highest BCUT2D eigenvalue weighted by atomic mass is 16.4. The maximum atomic E-state index is 12.4. The number of amides is 1. The summed E-state index contributed by atoms with van der Waals surface area (Å²) in [7, 11) is 0. The average Bonchev–Trinajstić information content (AvgIpc) is 2.97. The Bertz CT molecular complexity index is 431. The molecule has 4 nitrogen and oxygen atoms in total.